The van der Waals surface area contributed by atoms with E-state index in [1.165, 1.54) is 11.3 Å². The number of aromatic nitrogens is 2. The van der Waals surface area contributed by atoms with Crippen molar-refractivity contribution in [3.63, 3.8) is 0 Å². The monoisotopic (exact) mass is 262 g/mol. The average Bonchev–Trinajstić information content (AvgIpc) is 2.62. The Hall–Kier alpha value is -2.31. The molecule has 0 saturated heterocycles. The standard InChI is InChI=1S/C12H14N4O3/c1-7-5-10(14-6-13-7)16-12(19)9(8(2)15-16)3-4-11(17)18/h5-6,9H,3-4H2,1-2H3,(H,17,18). The Morgan fingerprint density at radius 1 is 1.42 bits per heavy atom. The van der Waals surface area contributed by atoms with Gasteiger partial charge in [0.25, 0.3) is 5.91 Å². The molecule has 0 fully saturated rings. The Balaban J connectivity index is 2.18. The minimum atomic E-state index is -0.920. The second kappa shape index (κ2) is 5.13. The lowest BCUT2D eigenvalue weighted by molar-refractivity contribution is -0.137. The molecule has 0 aliphatic carbocycles. The maximum Gasteiger partial charge on any atom is 0.303 e. The quantitative estimate of drug-likeness (QED) is 0.872. The maximum atomic E-state index is 12.2. The number of hydrogen-bond donors (Lipinski definition) is 1. The van der Waals surface area contributed by atoms with Crippen molar-refractivity contribution in [3.8, 4) is 0 Å². The Kier molecular flexibility index (Phi) is 3.55. The van der Waals surface area contributed by atoms with Crippen LogP contribution < -0.4 is 5.01 Å². The normalized spacial score (nSPS) is 18.6. The minimum Gasteiger partial charge on any atom is -0.481 e. The molecule has 1 N–H and O–H groups in total. The van der Waals surface area contributed by atoms with Crippen LogP contribution in [0.15, 0.2) is 17.5 Å². The summed E-state index contributed by atoms with van der Waals surface area (Å²) in [5, 5.41) is 14.1. The van der Waals surface area contributed by atoms with Gasteiger partial charge < -0.3 is 5.11 Å². The van der Waals surface area contributed by atoms with E-state index >= 15 is 0 Å². The third kappa shape index (κ3) is 2.75. The highest BCUT2D eigenvalue weighted by atomic mass is 16.4. The largest absolute Gasteiger partial charge is 0.481 e. The highest BCUT2D eigenvalue weighted by Gasteiger charge is 2.35. The number of hydrazone groups is 1. The SMILES string of the molecule is CC1=NN(c2cc(C)ncn2)C(=O)C1CCC(=O)O. The van der Waals surface area contributed by atoms with Gasteiger partial charge in [0.15, 0.2) is 5.82 Å². The molecule has 1 aromatic heterocycles. The molecular formula is C12H14N4O3. The van der Waals surface area contributed by atoms with Crippen molar-refractivity contribution in [1.82, 2.24) is 9.97 Å². The van der Waals surface area contributed by atoms with Crippen LogP contribution in [0.5, 0.6) is 0 Å². The number of amides is 1. The molecule has 0 radical (unpaired) electrons. The first kappa shape index (κ1) is 13.1. The van der Waals surface area contributed by atoms with Crippen molar-refractivity contribution >= 4 is 23.4 Å². The van der Waals surface area contributed by atoms with Gasteiger partial charge >= 0.3 is 5.97 Å². The predicted octanol–water partition coefficient (Wildman–Crippen LogP) is 0.989. The van der Waals surface area contributed by atoms with Crippen molar-refractivity contribution < 1.29 is 14.7 Å². The number of carboxylic acids is 1. The molecular weight excluding hydrogens is 248 g/mol. The molecule has 1 aliphatic heterocycles. The number of carboxylic acid groups (broad SMARTS) is 1. The second-order valence-corrected chi connectivity index (χ2v) is 4.39. The van der Waals surface area contributed by atoms with E-state index in [4.69, 9.17) is 5.11 Å². The van der Waals surface area contributed by atoms with E-state index in [-0.39, 0.29) is 18.7 Å². The molecule has 0 saturated carbocycles. The number of nitrogens with zero attached hydrogens (tertiary/aromatic N) is 4. The molecule has 100 valence electrons. The summed E-state index contributed by atoms with van der Waals surface area (Å²) in [5.41, 5.74) is 1.35. The lowest BCUT2D eigenvalue weighted by Crippen LogP contribution is -2.28. The van der Waals surface area contributed by atoms with Gasteiger partial charge in [0.2, 0.25) is 0 Å². The third-order valence-corrected chi connectivity index (χ3v) is 2.92. The number of hydrogen-bond acceptors (Lipinski definition) is 5. The van der Waals surface area contributed by atoms with Gasteiger partial charge in [-0.25, -0.2) is 9.97 Å². The van der Waals surface area contributed by atoms with Crippen LogP contribution in [-0.2, 0) is 9.59 Å². The van der Waals surface area contributed by atoms with Crippen LogP contribution in [0.1, 0.15) is 25.5 Å². The van der Waals surface area contributed by atoms with Crippen LogP contribution in [0.2, 0.25) is 0 Å². The van der Waals surface area contributed by atoms with E-state index < -0.39 is 11.9 Å². The van der Waals surface area contributed by atoms with Crippen molar-refractivity contribution in [3.05, 3.63) is 18.1 Å². The molecule has 1 aromatic rings. The fourth-order valence-corrected chi connectivity index (χ4v) is 1.92. The van der Waals surface area contributed by atoms with Crippen LogP contribution in [-0.4, -0.2) is 32.7 Å². The Morgan fingerprint density at radius 2 is 2.16 bits per heavy atom. The molecule has 2 heterocycles. The lowest BCUT2D eigenvalue weighted by atomic mass is 9.98. The summed E-state index contributed by atoms with van der Waals surface area (Å²) in [5.74, 6) is -1.23. The van der Waals surface area contributed by atoms with E-state index in [1.54, 1.807) is 19.9 Å². The zero-order valence-corrected chi connectivity index (χ0v) is 10.7. The Bertz CT molecular complexity index is 556. The summed E-state index contributed by atoms with van der Waals surface area (Å²) in [4.78, 5) is 30.7. The average molecular weight is 262 g/mol. The Morgan fingerprint density at radius 3 is 2.79 bits per heavy atom. The van der Waals surface area contributed by atoms with Crippen molar-refractivity contribution in [2.24, 2.45) is 11.0 Å². The van der Waals surface area contributed by atoms with Gasteiger partial charge in [-0.2, -0.15) is 10.1 Å². The van der Waals surface area contributed by atoms with Gasteiger partial charge in [-0.15, -0.1) is 0 Å². The van der Waals surface area contributed by atoms with Gasteiger partial charge in [0.1, 0.15) is 6.33 Å². The maximum absolute atomic E-state index is 12.2. The minimum absolute atomic E-state index is 0.0556. The van der Waals surface area contributed by atoms with E-state index in [2.05, 4.69) is 15.1 Å². The van der Waals surface area contributed by atoms with Gasteiger partial charge in [0.05, 0.1) is 5.92 Å². The Labute approximate surface area is 110 Å². The number of aryl methyl sites for hydroxylation is 1. The summed E-state index contributed by atoms with van der Waals surface area (Å²) >= 11 is 0. The number of carbonyl (C=O) groups is 2. The van der Waals surface area contributed by atoms with Crippen LogP contribution in [0.3, 0.4) is 0 Å². The molecule has 1 aliphatic rings. The number of rotatable bonds is 4. The molecule has 1 amide bonds. The summed E-state index contributed by atoms with van der Waals surface area (Å²) in [7, 11) is 0. The molecule has 0 aromatic carbocycles. The molecule has 2 rings (SSSR count). The second-order valence-electron chi connectivity index (χ2n) is 4.39. The van der Waals surface area contributed by atoms with E-state index in [1.807, 2.05) is 0 Å². The molecule has 0 bridgehead atoms. The van der Waals surface area contributed by atoms with Crippen LogP contribution >= 0.6 is 0 Å². The smallest absolute Gasteiger partial charge is 0.303 e. The summed E-state index contributed by atoms with van der Waals surface area (Å²) in [6.07, 6.45) is 1.57. The van der Waals surface area contributed by atoms with Crippen LogP contribution in [0.25, 0.3) is 0 Å². The molecule has 0 spiro atoms. The van der Waals surface area contributed by atoms with Gasteiger partial charge in [0, 0.05) is 23.9 Å². The first-order chi connectivity index (χ1) is 8.99. The molecule has 1 unspecified atom stereocenters. The number of carbonyl (C=O) groups excluding carboxylic acids is 1. The fraction of sp³-hybridized carbons (Fsp3) is 0.417. The fourth-order valence-electron chi connectivity index (χ4n) is 1.92. The first-order valence-corrected chi connectivity index (χ1v) is 5.88. The number of aliphatic carboxylic acids is 1. The van der Waals surface area contributed by atoms with Gasteiger partial charge in [-0.1, -0.05) is 0 Å². The van der Waals surface area contributed by atoms with Gasteiger partial charge in [-0.3, -0.25) is 9.59 Å². The van der Waals surface area contributed by atoms with Crippen molar-refractivity contribution in [2.75, 3.05) is 5.01 Å². The van der Waals surface area contributed by atoms with Crippen molar-refractivity contribution in [1.29, 1.82) is 0 Å². The van der Waals surface area contributed by atoms with E-state index in [9.17, 15) is 9.59 Å². The first-order valence-electron chi connectivity index (χ1n) is 5.88. The predicted molar refractivity (Wildman–Crippen MR) is 67.7 cm³/mol. The van der Waals surface area contributed by atoms with E-state index in [0.717, 1.165) is 5.69 Å². The molecule has 7 heteroatoms. The summed E-state index contributed by atoms with van der Waals surface area (Å²) < 4.78 is 0. The third-order valence-electron chi connectivity index (χ3n) is 2.92. The van der Waals surface area contributed by atoms with Crippen LogP contribution in [0, 0.1) is 12.8 Å². The zero-order chi connectivity index (χ0) is 14.0. The number of anilines is 1. The zero-order valence-electron chi connectivity index (χ0n) is 10.7. The molecule has 7 nitrogen and oxygen atoms in total. The molecule has 1 atom stereocenters. The topological polar surface area (TPSA) is 95.8 Å². The van der Waals surface area contributed by atoms with Crippen molar-refractivity contribution in [2.45, 2.75) is 26.7 Å². The highest BCUT2D eigenvalue weighted by Crippen LogP contribution is 2.25. The van der Waals surface area contributed by atoms with Gasteiger partial charge in [-0.05, 0) is 20.3 Å². The van der Waals surface area contributed by atoms with Crippen LogP contribution in [0.4, 0.5) is 5.82 Å². The highest BCUT2D eigenvalue weighted by molar-refractivity contribution is 6.14. The molecule has 19 heavy (non-hydrogen) atoms. The summed E-state index contributed by atoms with van der Waals surface area (Å²) in [6.45, 7) is 3.52. The summed E-state index contributed by atoms with van der Waals surface area (Å²) in [6, 6.07) is 1.66. The van der Waals surface area contributed by atoms with E-state index in [0.29, 0.717) is 11.5 Å². The lowest BCUT2D eigenvalue weighted by Gasteiger charge is -2.12.